The van der Waals surface area contributed by atoms with Crippen molar-refractivity contribution in [2.24, 2.45) is 5.92 Å². The topological polar surface area (TPSA) is 65.9 Å². The predicted molar refractivity (Wildman–Crippen MR) is 135 cm³/mol. The fourth-order valence-electron chi connectivity index (χ4n) is 5.40. The number of carbonyl (C=O) groups is 1. The molecule has 0 radical (unpaired) electrons. The molecule has 1 aliphatic carbocycles. The van der Waals surface area contributed by atoms with Crippen LogP contribution in [0.4, 0.5) is 4.39 Å². The van der Waals surface area contributed by atoms with Crippen LogP contribution in [0.25, 0.3) is 0 Å². The molecule has 3 aliphatic rings. The number of aliphatic hydroxyl groups is 1. The van der Waals surface area contributed by atoms with Crippen LogP contribution in [-0.2, 0) is 10.2 Å². The fourth-order valence-corrected chi connectivity index (χ4v) is 5.40. The summed E-state index contributed by atoms with van der Waals surface area (Å²) in [4.78, 5) is 21.6. The molecule has 1 aromatic heterocycles. The van der Waals surface area contributed by atoms with Crippen molar-refractivity contribution in [2.45, 2.75) is 70.0 Å². The summed E-state index contributed by atoms with van der Waals surface area (Å²) in [6.45, 7) is 9.12. The number of allylic oxidation sites excluding steroid dienone is 2. The van der Waals surface area contributed by atoms with E-state index in [4.69, 9.17) is 4.74 Å². The van der Waals surface area contributed by atoms with E-state index in [1.165, 1.54) is 0 Å². The normalized spacial score (nSPS) is 26.1. The first-order valence-electron chi connectivity index (χ1n) is 13.0. The molecule has 2 atom stereocenters. The van der Waals surface area contributed by atoms with Gasteiger partial charge in [-0.3, -0.25) is 9.78 Å². The number of hydrogen-bond acceptors (Lipinski definition) is 5. The second-order valence-electron chi connectivity index (χ2n) is 11.2. The Morgan fingerprint density at radius 1 is 1.26 bits per heavy atom. The standard InChI is InChI=1S/C28H40FN3O3/c1-27(2,29)20-31-15-10-21(11-16-31)19-35-24-6-7-25(30-17-24)28(3)12-8-22(9-13-28)26(34)32-14-4-5-23(32)18-33/h6-9,12,17,21,23,33H,4-5,10-11,13-16,18-20H2,1-3H3/t23-,28?/m0/s1. The first-order valence-corrected chi connectivity index (χ1v) is 13.0. The van der Waals surface area contributed by atoms with Crippen LogP contribution in [0.2, 0.25) is 0 Å². The number of likely N-dealkylation sites (tertiary alicyclic amines) is 2. The summed E-state index contributed by atoms with van der Waals surface area (Å²) in [6, 6.07) is 3.92. The number of nitrogens with zero attached hydrogens (tertiary/aromatic N) is 3. The third-order valence-electron chi connectivity index (χ3n) is 7.59. The second kappa shape index (κ2) is 10.8. The maximum Gasteiger partial charge on any atom is 0.253 e. The van der Waals surface area contributed by atoms with Crippen molar-refractivity contribution >= 4 is 5.91 Å². The van der Waals surface area contributed by atoms with Gasteiger partial charge in [0.25, 0.3) is 5.91 Å². The van der Waals surface area contributed by atoms with Crippen LogP contribution in [0.3, 0.4) is 0 Å². The highest BCUT2D eigenvalue weighted by Gasteiger charge is 2.33. The first-order chi connectivity index (χ1) is 16.7. The van der Waals surface area contributed by atoms with Crippen molar-refractivity contribution < 1.29 is 19.0 Å². The number of piperidine rings is 1. The Bertz CT molecular complexity index is 932. The number of hydrogen-bond donors (Lipinski definition) is 1. The molecule has 7 heteroatoms. The number of amides is 1. The van der Waals surface area contributed by atoms with Gasteiger partial charge in [0, 0.05) is 24.1 Å². The van der Waals surface area contributed by atoms with E-state index < -0.39 is 5.67 Å². The van der Waals surface area contributed by atoms with Crippen LogP contribution >= 0.6 is 0 Å². The van der Waals surface area contributed by atoms with E-state index >= 15 is 0 Å². The van der Waals surface area contributed by atoms with E-state index in [0.29, 0.717) is 37.6 Å². The Morgan fingerprint density at radius 3 is 2.63 bits per heavy atom. The molecule has 0 spiro atoms. The van der Waals surface area contributed by atoms with E-state index in [0.717, 1.165) is 50.2 Å². The van der Waals surface area contributed by atoms with Crippen molar-refractivity contribution in [3.63, 3.8) is 0 Å². The summed E-state index contributed by atoms with van der Waals surface area (Å²) >= 11 is 0. The molecular weight excluding hydrogens is 445 g/mol. The lowest BCUT2D eigenvalue weighted by Gasteiger charge is -2.34. The lowest BCUT2D eigenvalue weighted by atomic mass is 9.78. The molecule has 192 valence electrons. The van der Waals surface area contributed by atoms with Gasteiger partial charge in [-0.05, 0) is 77.1 Å². The minimum absolute atomic E-state index is 0.01000. The Hall–Kier alpha value is -2.25. The predicted octanol–water partition coefficient (Wildman–Crippen LogP) is 4.05. The van der Waals surface area contributed by atoms with E-state index in [9.17, 15) is 14.3 Å². The number of ether oxygens (including phenoxy) is 1. The highest BCUT2D eigenvalue weighted by molar-refractivity contribution is 5.97. The lowest BCUT2D eigenvalue weighted by molar-refractivity contribution is -0.128. The van der Waals surface area contributed by atoms with Crippen LogP contribution in [0.5, 0.6) is 5.75 Å². The Balaban J connectivity index is 1.27. The van der Waals surface area contributed by atoms with Crippen LogP contribution in [0.1, 0.15) is 58.6 Å². The number of alkyl halides is 1. The summed E-state index contributed by atoms with van der Waals surface area (Å²) in [7, 11) is 0. The summed E-state index contributed by atoms with van der Waals surface area (Å²) in [6.07, 6.45) is 12.3. The molecule has 6 nitrogen and oxygen atoms in total. The monoisotopic (exact) mass is 485 g/mol. The van der Waals surface area contributed by atoms with Gasteiger partial charge in [-0.1, -0.05) is 25.2 Å². The lowest BCUT2D eigenvalue weighted by Crippen LogP contribution is -2.41. The van der Waals surface area contributed by atoms with Gasteiger partial charge in [0.05, 0.1) is 31.1 Å². The molecule has 0 saturated carbocycles. The Labute approximate surface area is 208 Å². The van der Waals surface area contributed by atoms with Gasteiger partial charge in [0.15, 0.2) is 0 Å². The third-order valence-corrected chi connectivity index (χ3v) is 7.59. The average molecular weight is 486 g/mol. The summed E-state index contributed by atoms with van der Waals surface area (Å²) in [5.41, 5.74) is 0.218. The average Bonchev–Trinajstić information content (AvgIpc) is 3.32. The van der Waals surface area contributed by atoms with Crippen molar-refractivity contribution in [2.75, 3.05) is 39.4 Å². The number of carbonyl (C=O) groups excluding carboxylic acids is 1. The summed E-state index contributed by atoms with van der Waals surface area (Å²) in [5.74, 6) is 1.25. The SMILES string of the molecule is CC(C)(F)CN1CCC(COc2ccc(C3(C)C=CC(C(=O)N4CCC[C@H]4CO)=CC3)nc2)CC1. The van der Waals surface area contributed by atoms with Gasteiger partial charge < -0.3 is 19.6 Å². The van der Waals surface area contributed by atoms with Crippen LogP contribution in [-0.4, -0.2) is 76.9 Å². The summed E-state index contributed by atoms with van der Waals surface area (Å²) in [5, 5.41) is 9.53. The quantitative estimate of drug-likeness (QED) is 0.602. The highest BCUT2D eigenvalue weighted by Crippen LogP contribution is 2.34. The zero-order valence-corrected chi connectivity index (χ0v) is 21.4. The highest BCUT2D eigenvalue weighted by atomic mass is 19.1. The molecule has 1 unspecified atom stereocenters. The zero-order valence-electron chi connectivity index (χ0n) is 21.4. The minimum atomic E-state index is -1.15. The maximum absolute atomic E-state index is 13.9. The van der Waals surface area contributed by atoms with Crippen LogP contribution in [0.15, 0.2) is 42.1 Å². The third kappa shape index (κ3) is 6.50. The molecule has 1 aromatic rings. The first kappa shape index (κ1) is 25.8. The Kier molecular flexibility index (Phi) is 7.96. The van der Waals surface area contributed by atoms with E-state index in [1.807, 2.05) is 24.3 Å². The molecule has 35 heavy (non-hydrogen) atoms. The molecular formula is C28H40FN3O3. The second-order valence-corrected chi connectivity index (χ2v) is 11.2. The fraction of sp³-hybridized carbons (Fsp3) is 0.643. The largest absolute Gasteiger partial charge is 0.492 e. The van der Waals surface area contributed by atoms with E-state index in [2.05, 4.69) is 22.9 Å². The molecule has 1 N–H and O–H groups in total. The molecule has 3 heterocycles. The van der Waals surface area contributed by atoms with E-state index in [1.54, 1.807) is 24.9 Å². The maximum atomic E-state index is 13.9. The zero-order chi connectivity index (χ0) is 25.1. The number of aliphatic hydroxyl groups excluding tert-OH is 1. The molecule has 0 aromatic carbocycles. The molecule has 2 aliphatic heterocycles. The molecule has 2 saturated heterocycles. The van der Waals surface area contributed by atoms with Gasteiger partial charge in [-0.25, -0.2) is 4.39 Å². The van der Waals surface area contributed by atoms with Crippen molar-refractivity contribution in [3.05, 3.63) is 47.8 Å². The molecule has 1 amide bonds. The molecule has 4 rings (SSSR count). The van der Waals surface area contributed by atoms with Crippen molar-refractivity contribution in [1.29, 1.82) is 0 Å². The van der Waals surface area contributed by atoms with Gasteiger partial charge in [0.2, 0.25) is 0 Å². The van der Waals surface area contributed by atoms with Crippen molar-refractivity contribution in [1.82, 2.24) is 14.8 Å². The molecule has 0 bridgehead atoms. The van der Waals surface area contributed by atoms with Gasteiger partial charge in [0.1, 0.15) is 11.4 Å². The number of pyridine rings is 1. The molecule has 2 fully saturated rings. The minimum Gasteiger partial charge on any atom is -0.492 e. The smallest absolute Gasteiger partial charge is 0.253 e. The number of rotatable bonds is 8. The summed E-state index contributed by atoms with van der Waals surface area (Å²) < 4.78 is 19.9. The van der Waals surface area contributed by atoms with Crippen molar-refractivity contribution in [3.8, 4) is 5.75 Å². The Morgan fingerprint density at radius 2 is 2.03 bits per heavy atom. The van der Waals surface area contributed by atoms with E-state index in [-0.39, 0.29) is 24.0 Å². The van der Waals surface area contributed by atoms with Crippen LogP contribution in [0, 0.1) is 5.92 Å². The van der Waals surface area contributed by atoms with Crippen LogP contribution < -0.4 is 4.74 Å². The van der Waals surface area contributed by atoms with Gasteiger partial charge >= 0.3 is 0 Å². The number of aromatic nitrogens is 1. The van der Waals surface area contributed by atoms with Gasteiger partial charge in [-0.2, -0.15) is 0 Å². The van der Waals surface area contributed by atoms with Gasteiger partial charge in [-0.15, -0.1) is 0 Å². The number of halogens is 1.